The molecule has 4 heterocycles. The molecule has 2 N–H and O–H groups in total. The summed E-state index contributed by atoms with van der Waals surface area (Å²) in [6, 6.07) is 1.93. The molecule has 2 aliphatic rings. The molecular formula is C18H24N6O4. The van der Waals surface area contributed by atoms with Gasteiger partial charge >= 0.3 is 5.69 Å². The molecule has 2 aromatic rings. The van der Waals surface area contributed by atoms with E-state index in [1.54, 1.807) is 6.07 Å². The summed E-state index contributed by atoms with van der Waals surface area (Å²) in [7, 11) is 1.52. The number of rotatable bonds is 4. The number of hydrogen-bond donors (Lipinski definition) is 2. The Bertz CT molecular complexity index is 1040. The number of aryl methyl sites for hydroxylation is 1. The molecule has 2 aliphatic heterocycles. The third-order valence-electron chi connectivity index (χ3n) is 5.61. The molecule has 4 rings (SSSR count). The van der Waals surface area contributed by atoms with E-state index in [0.29, 0.717) is 11.4 Å². The Labute approximate surface area is 160 Å². The summed E-state index contributed by atoms with van der Waals surface area (Å²) >= 11 is 0. The van der Waals surface area contributed by atoms with Crippen molar-refractivity contribution in [3.8, 4) is 5.88 Å². The molecule has 2 bridgehead atoms. The second kappa shape index (κ2) is 6.92. The Kier molecular flexibility index (Phi) is 4.56. The van der Waals surface area contributed by atoms with Gasteiger partial charge in [0.2, 0.25) is 11.7 Å². The van der Waals surface area contributed by atoms with E-state index in [2.05, 4.69) is 20.3 Å². The van der Waals surface area contributed by atoms with Crippen LogP contribution in [0.2, 0.25) is 0 Å². The van der Waals surface area contributed by atoms with Gasteiger partial charge in [-0.3, -0.25) is 14.6 Å². The average molecular weight is 388 g/mol. The van der Waals surface area contributed by atoms with Crippen LogP contribution in [-0.2, 0) is 7.05 Å². The van der Waals surface area contributed by atoms with Crippen LogP contribution in [0, 0.1) is 0 Å². The Morgan fingerprint density at radius 1 is 1.14 bits per heavy atom. The van der Waals surface area contributed by atoms with Gasteiger partial charge in [-0.15, -0.1) is 10.2 Å². The summed E-state index contributed by atoms with van der Waals surface area (Å²) in [4.78, 5) is 40.1. The maximum Gasteiger partial charge on any atom is 0.344 e. The first-order valence-electron chi connectivity index (χ1n) is 9.55. The van der Waals surface area contributed by atoms with E-state index in [-0.39, 0.29) is 35.5 Å². The molecule has 0 spiro atoms. The number of piperidine rings is 1. The first kappa shape index (κ1) is 18.5. The lowest BCUT2D eigenvalue weighted by molar-refractivity contribution is 0.142. The van der Waals surface area contributed by atoms with E-state index in [1.807, 2.05) is 18.7 Å². The lowest BCUT2D eigenvalue weighted by Crippen LogP contribution is -2.50. The van der Waals surface area contributed by atoms with Crippen LogP contribution in [-0.4, -0.2) is 43.1 Å². The minimum atomic E-state index is -0.524. The van der Waals surface area contributed by atoms with Gasteiger partial charge in [0.15, 0.2) is 0 Å². The molecule has 2 aromatic heterocycles. The Morgan fingerprint density at radius 3 is 2.46 bits per heavy atom. The normalized spacial score (nSPS) is 24.0. The summed E-state index contributed by atoms with van der Waals surface area (Å²) in [5.74, 6) is 0.784. The largest absolute Gasteiger partial charge is 0.473 e. The van der Waals surface area contributed by atoms with Gasteiger partial charge in [-0.1, -0.05) is 13.8 Å². The van der Waals surface area contributed by atoms with Crippen molar-refractivity contribution in [2.45, 2.75) is 63.6 Å². The average Bonchev–Trinajstić information content (AvgIpc) is 2.89. The Balaban J connectivity index is 1.54. The van der Waals surface area contributed by atoms with E-state index in [1.165, 1.54) is 7.05 Å². The Morgan fingerprint density at radius 2 is 1.82 bits per heavy atom. The lowest BCUT2D eigenvalue weighted by Gasteiger charge is -2.38. The molecule has 150 valence electrons. The number of fused-ring (bicyclic) bond motifs is 2. The molecule has 0 amide bonds. The van der Waals surface area contributed by atoms with Crippen molar-refractivity contribution in [2.75, 3.05) is 4.90 Å². The highest BCUT2D eigenvalue weighted by Crippen LogP contribution is 2.38. The zero-order valence-corrected chi connectivity index (χ0v) is 16.1. The van der Waals surface area contributed by atoms with E-state index in [0.717, 1.165) is 30.4 Å². The minimum absolute atomic E-state index is 0.0567. The fraction of sp³-hybridized carbons (Fsp3) is 0.611. The first-order valence-corrected chi connectivity index (χ1v) is 9.55. The monoisotopic (exact) mass is 388 g/mol. The number of aromatic amines is 2. The van der Waals surface area contributed by atoms with Crippen molar-refractivity contribution in [1.82, 2.24) is 25.0 Å². The molecule has 0 radical (unpaired) electrons. The third kappa shape index (κ3) is 3.23. The molecule has 2 saturated heterocycles. The van der Waals surface area contributed by atoms with Gasteiger partial charge in [-0.25, -0.2) is 14.6 Å². The highest BCUT2D eigenvalue weighted by molar-refractivity contribution is 5.41. The molecule has 28 heavy (non-hydrogen) atoms. The maximum absolute atomic E-state index is 12.3. The van der Waals surface area contributed by atoms with Gasteiger partial charge < -0.3 is 9.64 Å². The van der Waals surface area contributed by atoms with E-state index in [4.69, 9.17) is 4.74 Å². The zero-order chi connectivity index (χ0) is 20.0. The van der Waals surface area contributed by atoms with Gasteiger partial charge in [0.05, 0.1) is 0 Å². The Hall–Kier alpha value is -2.91. The van der Waals surface area contributed by atoms with Crippen LogP contribution < -0.4 is 26.4 Å². The van der Waals surface area contributed by atoms with Crippen molar-refractivity contribution < 1.29 is 4.74 Å². The van der Waals surface area contributed by atoms with Crippen molar-refractivity contribution in [2.24, 2.45) is 7.05 Å². The summed E-state index contributed by atoms with van der Waals surface area (Å²) in [6.45, 7) is 3.90. The topological polar surface area (TPSA) is 126 Å². The molecular weight excluding hydrogens is 364 g/mol. The SMILES string of the molecule is CC(C)c1cc(OC2CC3CCC(C2)N3c2nn(C)c(=O)[nH]c2=O)n[nH]c1=O. The number of anilines is 1. The van der Waals surface area contributed by atoms with Crippen LogP contribution in [0.1, 0.15) is 51.0 Å². The summed E-state index contributed by atoms with van der Waals surface area (Å²) in [5.41, 5.74) is -0.531. The number of hydrogen-bond acceptors (Lipinski definition) is 7. The summed E-state index contributed by atoms with van der Waals surface area (Å²) < 4.78 is 7.22. The fourth-order valence-corrected chi connectivity index (χ4v) is 4.27. The zero-order valence-electron chi connectivity index (χ0n) is 16.1. The quantitative estimate of drug-likeness (QED) is 0.769. The van der Waals surface area contributed by atoms with Crippen LogP contribution in [0.25, 0.3) is 0 Å². The van der Waals surface area contributed by atoms with Gasteiger partial charge in [0, 0.05) is 43.6 Å². The van der Waals surface area contributed by atoms with Crippen molar-refractivity contribution in [3.05, 3.63) is 42.8 Å². The van der Waals surface area contributed by atoms with Gasteiger partial charge in [-0.05, 0) is 18.8 Å². The molecule has 2 fully saturated rings. The van der Waals surface area contributed by atoms with E-state index < -0.39 is 11.2 Å². The molecule has 10 nitrogen and oxygen atoms in total. The highest BCUT2D eigenvalue weighted by atomic mass is 16.5. The molecule has 2 unspecified atom stereocenters. The third-order valence-corrected chi connectivity index (χ3v) is 5.61. The van der Waals surface area contributed by atoms with E-state index >= 15 is 0 Å². The highest BCUT2D eigenvalue weighted by Gasteiger charge is 2.43. The number of aromatic nitrogens is 5. The van der Waals surface area contributed by atoms with Crippen molar-refractivity contribution >= 4 is 5.82 Å². The second-order valence-corrected chi connectivity index (χ2v) is 7.86. The standard InChI is InChI=1S/C18H24N6O4/c1-9(2)13-8-14(20-21-16(13)25)28-12-6-10-4-5-11(7-12)24(10)15-17(26)19-18(27)23(3)22-15/h8-12H,4-7H2,1-3H3,(H,21,25)(H,19,26,27). The minimum Gasteiger partial charge on any atom is -0.473 e. The fourth-order valence-electron chi connectivity index (χ4n) is 4.27. The van der Waals surface area contributed by atoms with Gasteiger partial charge in [0.25, 0.3) is 11.1 Å². The summed E-state index contributed by atoms with van der Waals surface area (Å²) in [5, 5.41) is 10.7. The number of nitrogens with one attached hydrogen (secondary N) is 2. The summed E-state index contributed by atoms with van der Waals surface area (Å²) in [6.07, 6.45) is 3.25. The smallest absolute Gasteiger partial charge is 0.344 e. The number of H-pyrrole nitrogens is 2. The van der Waals surface area contributed by atoms with E-state index in [9.17, 15) is 14.4 Å². The predicted molar refractivity (Wildman–Crippen MR) is 102 cm³/mol. The maximum atomic E-state index is 12.3. The van der Waals surface area contributed by atoms with Gasteiger partial charge in [-0.2, -0.15) is 0 Å². The first-order chi connectivity index (χ1) is 13.3. The second-order valence-electron chi connectivity index (χ2n) is 7.86. The van der Waals surface area contributed by atoms with Crippen molar-refractivity contribution in [1.29, 1.82) is 0 Å². The molecule has 0 aromatic carbocycles. The van der Waals surface area contributed by atoms with Crippen LogP contribution >= 0.6 is 0 Å². The molecule has 0 aliphatic carbocycles. The number of ether oxygens (including phenoxy) is 1. The lowest BCUT2D eigenvalue weighted by atomic mass is 9.99. The molecule has 0 saturated carbocycles. The van der Waals surface area contributed by atoms with Crippen LogP contribution in [0.15, 0.2) is 20.4 Å². The van der Waals surface area contributed by atoms with Gasteiger partial charge in [0.1, 0.15) is 6.10 Å². The van der Waals surface area contributed by atoms with Crippen LogP contribution in [0.5, 0.6) is 5.88 Å². The number of nitrogens with zero attached hydrogens (tertiary/aromatic N) is 4. The predicted octanol–water partition coefficient (Wildman–Crippen LogP) is 0.254. The molecule has 10 heteroatoms. The molecule has 2 atom stereocenters. The van der Waals surface area contributed by atoms with Crippen LogP contribution in [0.3, 0.4) is 0 Å². The van der Waals surface area contributed by atoms with Crippen LogP contribution in [0.4, 0.5) is 5.82 Å². The van der Waals surface area contributed by atoms with Crippen molar-refractivity contribution in [3.63, 3.8) is 0 Å².